The Morgan fingerprint density at radius 1 is 0.284 bits per heavy atom. The Hall–Kier alpha value is -8.50. The van der Waals surface area contributed by atoms with E-state index in [0.717, 1.165) is 22.7 Å². The van der Waals surface area contributed by atoms with Crippen molar-refractivity contribution in [2.24, 2.45) is 0 Å². The fraction of sp³-hybridized carbons (Fsp3) is 0. The minimum atomic E-state index is 1.10. The quantitative estimate of drug-likeness (QED) is 0.148. The molecule has 0 radical (unpaired) electrons. The molecular weight excluding hydrogens is 829 g/mol. The van der Waals surface area contributed by atoms with Crippen LogP contribution in [0.5, 0.6) is 0 Å². The molecule has 314 valence electrons. The van der Waals surface area contributed by atoms with Crippen molar-refractivity contribution in [1.29, 1.82) is 0 Å². The molecule has 13 rings (SSSR count). The second kappa shape index (κ2) is 16.2. The number of thiophene rings is 1. The second-order valence-electron chi connectivity index (χ2n) is 17.3. The van der Waals surface area contributed by atoms with Crippen LogP contribution in [0.25, 0.3) is 103 Å². The van der Waals surface area contributed by atoms with Crippen LogP contribution >= 0.6 is 11.3 Å². The lowest BCUT2D eigenvalue weighted by molar-refractivity contribution is 1.18. The van der Waals surface area contributed by atoms with Gasteiger partial charge in [0, 0.05) is 53.6 Å². The maximum Gasteiger partial charge on any atom is 0.0541 e. The summed E-state index contributed by atoms with van der Waals surface area (Å²) in [4.78, 5) is 2.39. The normalized spacial score (nSPS) is 11.6. The van der Waals surface area contributed by atoms with Gasteiger partial charge in [-0.25, -0.2) is 0 Å². The summed E-state index contributed by atoms with van der Waals surface area (Å²) >= 11 is 1.85. The molecule has 0 saturated heterocycles. The topological polar surface area (TPSA) is 8.17 Å². The molecule has 0 aliphatic rings. The molecule has 11 aromatic carbocycles. The van der Waals surface area contributed by atoms with E-state index in [1.807, 2.05) is 11.3 Å². The molecule has 0 aliphatic carbocycles. The van der Waals surface area contributed by atoms with E-state index in [4.69, 9.17) is 0 Å². The molecule has 3 heteroatoms. The number of rotatable bonds is 8. The molecular formula is C64H42N2S. The van der Waals surface area contributed by atoms with Crippen molar-refractivity contribution in [3.8, 4) is 50.2 Å². The molecule has 0 atom stereocenters. The summed E-state index contributed by atoms with van der Waals surface area (Å²) in [6.45, 7) is 0. The summed E-state index contributed by atoms with van der Waals surface area (Å²) in [7, 11) is 0. The van der Waals surface area contributed by atoms with Gasteiger partial charge >= 0.3 is 0 Å². The van der Waals surface area contributed by atoms with Gasteiger partial charge in [0.1, 0.15) is 0 Å². The van der Waals surface area contributed by atoms with Crippen LogP contribution in [-0.2, 0) is 0 Å². The van der Waals surface area contributed by atoms with Gasteiger partial charge in [0.2, 0.25) is 0 Å². The van der Waals surface area contributed by atoms with Crippen LogP contribution in [-0.4, -0.2) is 4.57 Å². The van der Waals surface area contributed by atoms with E-state index in [9.17, 15) is 0 Å². The lowest BCUT2D eigenvalue weighted by atomic mass is 9.96. The van der Waals surface area contributed by atoms with Crippen molar-refractivity contribution < 1.29 is 0 Å². The zero-order valence-electron chi connectivity index (χ0n) is 36.6. The van der Waals surface area contributed by atoms with Crippen molar-refractivity contribution in [3.05, 3.63) is 255 Å². The monoisotopic (exact) mass is 870 g/mol. The fourth-order valence-electron chi connectivity index (χ4n) is 10.1. The number of benzene rings is 11. The number of fused-ring (bicyclic) bond motifs is 7. The average Bonchev–Trinajstić information content (AvgIpc) is 3.95. The van der Waals surface area contributed by atoms with Gasteiger partial charge in [-0.15, -0.1) is 11.3 Å². The van der Waals surface area contributed by atoms with Gasteiger partial charge in [0.05, 0.1) is 16.7 Å². The van der Waals surface area contributed by atoms with Crippen molar-refractivity contribution in [2.75, 3.05) is 4.90 Å². The summed E-state index contributed by atoms with van der Waals surface area (Å²) in [6, 6.07) is 93.2. The third kappa shape index (κ3) is 6.88. The zero-order chi connectivity index (χ0) is 44.3. The largest absolute Gasteiger partial charge is 0.310 e. The number of nitrogens with zero attached hydrogens (tertiary/aromatic N) is 2. The maximum atomic E-state index is 2.42. The van der Waals surface area contributed by atoms with E-state index in [1.54, 1.807) is 0 Å². The highest BCUT2D eigenvalue weighted by Crippen LogP contribution is 2.43. The van der Waals surface area contributed by atoms with Gasteiger partial charge < -0.3 is 9.47 Å². The first kappa shape index (κ1) is 38.9. The van der Waals surface area contributed by atoms with E-state index < -0.39 is 0 Å². The third-order valence-corrected chi connectivity index (χ3v) is 14.6. The lowest BCUT2D eigenvalue weighted by Crippen LogP contribution is -2.09. The number of hydrogen-bond donors (Lipinski definition) is 0. The van der Waals surface area contributed by atoms with Crippen LogP contribution < -0.4 is 4.90 Å². The molecule has 13 aromatic rings. The Labute approximate surface area is 393 Å². The number of aromatic nitrogens is 1. The Balaban J connectivity index is 0.850. The predicted octanol–water partition coefficient (Wildman–Crippen LogP) is 18.4. The van der Waals surface area contributed by atoms with Crippen LogP contribution in [0, 0.1) is 0 Å². The standard InChI is InChI=1S/C64H42N2S/c1-2-13-48-41-51(29-28-43(48)12-1)50-15-11-14-49(40-50)46-26-24-44(25-27-46)45-30-34-52(35-31-45)65(54-38-39-64-59(42-54)58-19-6-10-23-63(58)67-64)53-36-32-47(33-37-53)55-16-3-7-20-60(55)66-61-21-8-4-17-56(61)57-18-5-9-22-62(57)66/h1-42H. The van der Waals surface area contributed by atoms with Gasteiger partial charge in [-0.2, -0.15) is 0 Å². The molecule has 0 fully saturated rings. The first-order chi connectivity index (χ1) is 33.2. The molecule has 0 aliphatic heterocycles. The molecule has 0 amide bonds. The summed E-state index contributed by atoms with van der Waals surface area (Å²) in [6.07, 6.45) is 0. The van der Waals surface area contributed by atoms with Crippen molar-refractivity contribution in [2.45, 2.75) is 0 Å². The molecule has 0 saturated carbocycles. The van der Waals surface area contributed by atoms with Crippen molar-refractivity contribution in [3.63, 3.8) is 0 Å². The Morgan fingerprint density at radius 2 is 0.776 bits per heavy atom. The Kier molecular flexibility index (Phi) is 9.40. The fourth-order valence-corrected chi connectivity index (χ4v) is 11.2. The summed E-state index contributed by atoms with van der Waals surface area (Å²) in [5.74, 6) is 0. The van der Waals surface area contributed by atoms with Crippen LogP contribution in [0.1, 0.15) is 0 Å². The number of para-hydroxylation sites is 3. The van der Waals surface area contributed by atoms with Crippen LogP contribution in [0.4, 0.5) is 17.1 Å². The highest BCUT2D eigenvalue weighted by molar-refractivity contribution is 7.25. The summed E-state index contributed by atoms with van der Waals surface area (Å²) < 4.78 is 5.02. The Bertz CT molecular complexity index is 3920. The van der Waals surface area contributed by atoms with Gasteiger partial charge in [-0.3, -0.25) is 0 Å². The molecule has 0 bridgehead atoms. The highest BCUT2D eigenvalue weighted by atomic mass is 32.1. The molecule has 2 heterocycles. The van der Waals surface area contributed by atoms with E-state index in [-0.39, 0.29) is 0 Å². The van der Waals surface area contributed by atoms with Crippen LogP contribution in [0.3, 0.4) is 0 Å². The van der Waals surface area contributed by atoms with E-state index in [0.29, 0.717) is 0 Å². The van der Waals surface area contributed by atoms with E-state index >= 15 is 0 Å². The summed E-state index contributed by atoms with van der Waals surface area (Å²) in [5, 5.41) is 7.61. The lowest BCUT2D eigenvalue weighted by Gasteiger charge is -2.26. The van der Waals surface area contributed by atoms with Crippen molar-refractivity contribution >= 4 is 81.1 Å². The zero-order valence-corrected chi connectivity index (χ0v) is 37.4. The molecule has 0 N–H and O–H groups in total. The molecule has 0 unspecified atom stereocenters. The molecule has 67 heavy (non-hydrogen) atoms. The Morgan fingerprint density at radius 3 is 1.49 bits per heavy atom. The van der Waals surface area contributed by atoms with Crippen molar-refractivity contribution in [1.82, 2.24) is 4.57 Å². The molecule has 2 nitrogen and oxygen atoms in total. The smallest absolute Gasteiger partial charge is 0.0541 e. The van der Waals surface area contributed by atoms with Gasteiger partial charge in [0.15, 0.2) is 0 Å². The van der Waals surface area contributed by atoms with Crippen LogP contribution in [0.2, 0.25) is 0 Å². The average molecular weight is 871 g/mol. The number of hydrogen-bond acceptors (Lipinski definition) is 2. The first-order valence-electron chi connectivity index (χ1n) is 22.9. The minimum absolute atomic E-state index is 1.10. The number of anilines is 3. The third-order valence-electron chi connectivity index (χ3n) is 13.4. The molecule has 0 spiro atoms. The molecule has 2 aromatic heterocycles. The van der Waals surface area contributed by atoms with E-state index in [1.165, 1.54) is 97.3 Å². The first-order valence-corrected chi connectivity index (χ1v) is 23.7. The van der Waals surface area contributed by atoms with Gasteiger partial charge in [-0.05, 0) is 129 Å². The van der Waals surface area contributed by atoms with Crippen LogP contribution in [0.15, 0.2) is 255 Å². The SMILES string of the molecule is c1cc(-c2ccc(-c3ccc(N(c4ccc(-c5ccccc5-n5c6ccccc6c6ccccc65)cc4)c4ccc5sc6ccccc6c5c4)cc3)cc2)cc(-c2ccc3ccccc3c2)c1. The summed E-state index contributed by atoms with van der Waals surface area (Å²) in [5.41, 5.74) is 16.5. The second-order valence-corrected chi connectivity index (χ2v) is 18.4. The minimum Gasteiger partial charge on any atom is -0.310 e. The highest BCUT2D eigenvalue weighted by Gasteiger charge is 2.18. The van der Waals surface area contributed by atoms with E-state index in [2.05, 4.69) is 264 Å². The predicted molar refractivity (Wildman–Crippen MR) is 288 cm³/mol. The van der Waals surface area contributed by atoms with Gasteiger partial charge in [0.25, 0.3) is 0 Å². The maximum absolute atomic E-state index is 2.42. The van der Waals surface area contributed by atoms with Gasteiger partial charge in [-0.1, -0.05) is 176 Å².